The first-order chi connectivity index (χ1) is 4.93. The molecule has 0 bridgehead atoms. The highest BCUT2D eigenvalue weighted by Gasteiger charge is 2.08. The third-order valence-electron chi connectivity index (χ3n) is 1.66. The molecule has 0 aromatic carbocycles. The molecule has 1 aliphatic rings. The summed E-state index contributed by atoms with van der Waals surface area (Å²) in [5, 5.41) is 0. The Labute approximate surface area is 68.8 Å². The number of rotatable bonds is 1. The fourth-order valence-corrected chi connectivity index (χ4v) is 1.14. The maximum absolute atomic E-state index is 9.79. The van der Waals surface area contributed by atoms with Gasteiger partial charge in [-0.1, -0.05) is 5.92 Å². The summed E-state index contributed by atoms with van der Waals surface area (Å²) in [5.74, 6) is 5.19. The number of hydrogen-bond acceptors (Lipinski definition) is 3. The van der Waals surface area contributed by atoms with Gasteiger partial charge in [0.05, 0.1) is 6.54 Å². The first-order valence-corrected chi connectivity index (χ1v) is 3.58. The summed E-state index contributed by atoms with van der Waals surface area (Å²) in [4.78, 5) is 12.0. The van der Waals surface area contributed by atoms with E-state index in [-0.39, 0.29) is 7.58 Å². The molecule has 1 rings (SSSR count). The molecule has 0 spiro atoms. The molecule has 64 valence electrons. The average molecular weight is 156 g/mol. The number of carbonyl (C=O) groups excluding carboxylic acids is 1. The van der Waals surface area contributed by atoms with Crippen LogP contribution in [0.15, 0.2) is 0 Å². The molecule has 3 heteroatoms. The first-order valence-electron chi connectivity index (χ1n) is 3.58. The van der Waals surface area contributed by atoms with Gasteiger partial charge in [0.1, 0.15) is 0 Å². The standard InChI is InChI=1S/C8H11NO.H3N.H2/c10-8-4-3-7-9-5-1-2-6-9;;/h8H,1-2,5-7H2;1H3;1H. The van der Waals surface area contributed by atoms with Gasteiger partial charge in [-0.05, 0) is 31.9 Å². The van der Waals surface area contributed by atoms with Crippen LogP contribution in [-0.2, 0) is 4.79 Å². The van der Waals surface area contributed by atoms with Crippen LogP contribution in [0.25, 0.3) is 0 Å². The highest BCUT2D eigenvalue weighted by atomic mass is 16.1. The predicted molar refractivity (Wildman–Crippen MR) is 46.7 cm³/mol. The maximum Gasteiger partial charge on any atom is 0.192 e. The van der Waals surface area contributed by atoms with Crippen molar-refractivity contribution in [2.45, 2.75) is 12.8 Å². The van der Waals surface area contributed by atoms with Gasteiger partial charge < -0.3 is 6.15 Å². The minimum Gasteiger partial charge on any atom is -0.344 e. The Balaban J connectivity index is 0. The van der Waals surface area contributed by atoms with E-state index in [1.165, 1.54) is 12.8 Å². The molecule has 3 N–H and O–H groups in total. The van der Waals surface area contributed by atoms with Crippen molar-refractivity contribution in [3.8, 4) is 11.8 Å². The summed E-state index contributed by atoms with van der Waals surface area (Å²) in [6.45, 7) is 3.06. The Morgan fingerprint density at radius 1 is 1.45 bits per heavy atom. The summed E-state index contributed by atoms with van der Waals surface area (Å²) in [6, 6.07) is 0. The topological polar surface area (TPSA) is 55.3 Å². The van der Waals surface area contributed by atoms with Crippen LogP contribution in [-0.4, -0.2) is 30.8 Å². The monoisotopic (exact) mass is 156 g/mol. The van der Waals surface area contributed by atoms with E-state index < -0.39 is 0 Å². The zero-order valence-electron chi connectivity index (χ0n) is 6.68. The molecule has 1 saturated heterocycles. The largest absolute Gasteiger partial charge is 0.344 e. The van der Waals surface area contributed by atoms with Gasteiger partial charge in [0.2, 0.25) is 0 Å². The van der Waals surface area contributed by atoms with Crippen molar-refractivity contribution >= 4 is 6.29 Å². The molecule has 0 atom stereocenters. The van der Waals surface area contributed by atoms with Crippen LogP contribution in [0.1, 0.15) is 14.3 Å². The van der Waals surface area contributed by atoms with E-state index in [0.717, 1.165) is 19.6 Å². The Morgan fingerprint density at radius 2 is 2.09 bits per heavy atom. The van der Waals surface area contributed by atoms with E-state index in [9.17, 15) is 4.79 Å². The second kappa shape index (κ2) is 5.90. The molecule has 0 aromatic rings. The summed E-state index contributed by atoms with van der Waals surface area (Å²) in [7, 11) is 0. The van der Waals surface area contributed by atoms with Gasteiger partial charge in [-0.3, -0.25) is 9.69 Å². The van der Waals surface area contributed by atoms with Crippen LogP contribution in [0.4, 0.5) is 0 Å². The lowest BCUT2D eigenvalue weighted by atomic mass is 10.4. The van der Waals surface area contributed by atoms with Gasteiger partial charge in [0, 0.05) is 1.43 Å². The van der Waals surface area contributed by atoms with Gasteiger partial charge in [0.25, 0.3) is 0 Å². The van der Waals surface area contributed by atoms with Crippen LogP contribution in [0.2, 0.25) is 0 Å². The predicted octanol–water partition coefficient (Wildman–Crippen LogP) is 0.692. The number of nitrogens with zero attached hydrogens (tertiary/aromatic N) is 1. The molecule has 3 nitrogen and oxygen atoms in total. The second-order valence-corrected chi connectivity index (χ2v) is 2.42. The zero-order chi connectivity index (χ0) is 7.23. The quantitative estimate of drug-likeness (QED) is 0.449. The van der Waals surface area contributed by atoms with Crippen LogP contribution in [0.3, 0.4) is 0 Å². The summed E-state index contributed by atoms with van der Waals surface area (Å²) >= 11 is 0. The highest BCUT2D eigenvalue weighted by molar-refractivity contribution is 5.72. The Morgan fingerprint density at radius 3 is 2.64 bits per heavy atom. The molecule has 0 unspecified atom stereocenters. The average Bonchev–Trinajstić information content (AvgIpc) is 2.41. The fraction of sp³-hybridized carbons (Fsp3) is 0.625. The SMILES string of the molecule is N.O=CC#CCN1CCCC1.[HH]. The Kier molecular flexibility index (Phi) is 5.44. The van der Waals surface area contributed by atoms with Crippen LogP contribution in [0, 0.1) is 11.8 Å². The lowest BCUT2D eigenvalue weighted by Gasteiger charge is -2.07. The summed E-state index contributed by atoms with van der Waals surface area (Å²) in [6.07, 6.45) is 3.21. The third kappa shape index (κ3) is 3.76. The maximum atomic E-state index is 9.79. The lowest BCUT2D eigenvalue weighted by molar-refractivity contribution is -0.103. The third-order valence-corrected chi connectivity index (χ3v) is 1.66. The van der Waals surface area contributed by atoms with Crippen molar-refractivity contribution in [1.29, 1.82) is 0 Å². The summed E-state index contributed by atoms with van der Waals surface area (Å²) < 4.78 is 0. The van der Waals surface area contributed by atoms with Crippen molar-refractivity contribution in [3.05, 3.63) is 0 Å². The number of likely N-dealkylation sites (tertiary alicyclic amines) is 1. The van der Waals surface area contributed by atoms with Crippen LogP contribution < -0.4 is 6.15 Å². The molecule has 0 aliphatic carbocycles. The van der Waals surface area contributed by atoms with Crippen molar-refractivity contribution in [3.63, 3.8) is 0 Å². The number of carbonyl (C=O) groups is 1. The first kappa shape index (κ1) is 10.2. The highest BCUT2D eigenvalue weighted by Crippen LogP contribution is 2.04. The molecular weight excluding hydrogens is 140 g/mol. The number of hydrogen-bond donors (Lipinski definition) is 1. The minimum absolute atomic E-state index is 0. The Hall–Kier alpha value is -0.850. The van der Waals surface area contributed by atoms with Gasteiger partial charge in [0.15, 0.2) is 6.29 Å². The minimum atomic E-state index is 0. The summed E-state index contributed by atoms with van der Waals surface area (Å²) in [5.41, 5.74) is 0. The molecule has 1 aliphatic heterocycles. The molecule has 11 heavy (non-hydrogen) atoms. The van der Waals surface area contributed by atoms with E-state index in [1.807, 2.05) is 0 Å². The molecule has 0 amide bonds. The Bertz CT molecular complexity index is 168. The smallest absolute Gasteiger partial charge is 0.192 e. The van der Waals surface area contributed by atoms with E-state index in [0.29, 0.717) is 6.29 Å². The van der Waals surface area contributed by atoms with Crippen LogP contribution >= 0.6 is 0 Å². The zero-order valence-corrected chi connectivity index (χ0v) is 6.68. The molecule has 0 saturated carbocycles. The molecule has 0 aromatic heterocycles. The van der Waals surface area contributed by atoms with Crippen LogP contribution in [0.5, 0.6) is 0 Å². The van der Waals surface area contributed by atoms with Crippen molar-refractivity contribution in [2.24, 2.45) is 0 Å². The van der Waals surface area contributed by atoms with Crippen molar-refractivity contribution in [1.82, 2.24) is 11.1 Å². The lowest BCUT2D eigenvalue weighted by Crippen LogP contribution is -2.18. The van der Waals surface area contributed by atoms with Crippen molar-refractivity contribution < 1.29 is 6.22 Å². The van der Waals surface area contributed by atoms with Gasteiger partial charge in [-0.25, -0.2) is 0 Å². The molecular formula is C8H16N2O. The van der Waals surface area contributed by atoms with E-state index in [2.05, 4.69) is 16.7 Å². The fourth-order valence-electron chi connectivity index (χ4n) is 1.14. The van der Waals surface area contributed by atoms with Gasteiger partial charge in [-0.15, -0.1) is 0 Å². The van der Waals surface area contributed by atoms with Crippen molar-refractivity contribution in [2.75, 3.05) is 19.6 Å². The molecule has 0 radical (unpaired) electrons. The second-order valence-electron chi connectivity index (χ2n) is 2.42. The molecule has 1 fully saturated rings. The van der Waals surface area contributed by atoms with E-state index >= 15 is 0 Å². The van der Waals surface area contributed by atoms with Gasteiger partial charge >= 0.3 is 0 Å². The molecule has 1 heterocycles. The van der Waals surface area contributed by atoms with Gasteiger partial charge in [-0.2, -0.15) is 0 Å². The number of aldehydes is 1. The van der Waals surface area contributed by atoms with E-state index in [1.54, 1.807) is 0 Å². The normalized spacial score (nSPS) is 16.4. The van der Waals surface area contributed by atoms with E-state index in [4.69, 9.17) is 0 Å².